The average Bonchev–Trinajstić information content (AvgIpc) is 2.13. The van der Waals surface area contributed by atoms with E-state index in [1.165, 1.54) is 0 Å². The molecule has 5 heteroatoms. The van der Waals surface area contributed by atoms with Crippen LogP contribution >= 0.6 is 0 Å². The van der Waals surface area contributed by atoms with Gasteiger partial charge < -0.3 is 10.1 Å². The zero-order chi connectivity index (χ0) is 11.9. The molecule has 1 amide bonds. The minimum absolute atomic E-state index is 0.0578. The van der Waals surface area contributed by atoms with Crippen molar-refractivity contribution in [1.82, 2.24) is 5.32 Å². The Bertz CT molecular complexity index is 223. The van der Waals surface area contributed by atoms with E-state index in [1.807, 2.05) is 27.7 Å². The van der Waals surface area contributed by atoms with Crippen molar-refractivity contribution in [3.8, 4) is 0 Å². The van der Waals surface area contributed by atoms with Crippen molar-refractivity contribution in [2.45, 2.75) is 33.3 Å². The molecule has 0 aliphatic carbocycles. The summed E-state index contributed by atoms with van der Waals surface area (Å²) in [6.07, 6.45) is 0. The molecule has 0 heterocycles. The Balaban J connectivity index is 3.54. The van der Waals surface area contributed by atoms with Crippen molar-refractivity contribution < 1.29 is 13.7 Å². The van der Waals surface area contributed by atoms with Crippen molar-refractivity contribution in [3.63, 3.8) is 0 Å². The highest BCUT2D eigenvalue weighted by Crippen LogP contribution is 2.05. The van der Waals surface area contributed by atoms with Crippen LogP contribution in [0.25, 0.3) is 0 Å². The normalized spacial score (nSPS) is 13.6. The van der Waals surface area contributed by atoms with Crippen molar-refractivity contribution >= 4 is 16.7 Å². The van der Waals surface area contributed by atoms with Crippen LogP contribution in [-0.2, 0) is 20.3 Å². The third kappa shape index (κ3) is 9.87. The third-order valence-electron chi connectivity index (χ3n) is 1.61. The number of amides is 1. The lowest BCUT2D eigenvalue weighted by molar-refractivity contribution is -0.130. The van der Waals surface area contributed by atoms with Crippen molar-refractivity contribution in [2.75, 3.05) is 24.7 Å². The van der Waals surface area contributed by atoms with Crippen LogP contribution in [0.1, 0.15) is 27.7 Å². The van der Waals surface area contributed by atoms with Gasteiger partial charge in [0.2, 0.25) is 5.91 Å². The fraction of sp³-hybridized carbons (Fsp3) is 0.900. The van der Waals surface area contributed by atoms with Crippen LogP contribution in [0.2, 0.25) is 0 Å². The van der Waals surface area contributed by atoms with Gasteiger partial charge in [0.1, 0.15) is 6.61 Å². The number of rotatable bonds is 6. The highest BCUT2D eigenvalue weighted by atomic mass is 32.2. The number of ether oxygens (including phenoxy) is 1. The molecule has 1 unspecified atom stereocenters. The van der Waals surface area contributed by atoms with E-state index >= 15 is 0 Å². The first-order valence-electron chi connectivity index (χ1n) is 5.11. The lowest BCUT2D eigenvalue weighted by Gasteiger charge is -2.18. The van der Waals surface area contributed by atoms with Crippen LogP contribution in [0.3, 0.4) is 0 Å². The quantitative estimate of drug-likeness (QED) is 0.737. The molecule has 1 atom stereocenters. The number of carbonyl (C=O) groups excluding carboxylic acids is 1. The molecule has 4 nitrogen and oxygen atoms in total. The second kappa shape index (κ2) is 6.95. The summed E-state index contributed by atoms with van der Waals surface area (Å²) in [5.74, 6) is 0.990. The maximum Gasteiger partial charge on any atom is 0.246 e. The summed E-state index contributed by atoms with van der Waals surface area (Å²) in [4.78, 5) is 11.2. The van der Waals surface area contributed by atoms with Gasteiger partial charge in [-0.1, -0.05) is 6.92 Å². The second-order valence-corrected chi connectivity index (χ2v) is 6.05. The van der Waals surface area contributed by atoms with E-state index in [2.05, 4.69) is 5.32 Å². The van der Waals surface area contributed by atoms with E-state index in [0.29, 0.717) is 18.1 Å². The lowest BCUT2D eigenvalue weighted by atomic mass is 10.2. The molecule has 0 radical (unpaired) electrons. The van der Waals surface area contributed by atoms with Crippen LogP contribution in [0, 0.1) is 0 Å². The van der Waals surface area contributed by atoms with Gasteiger partial charge in [-0.3, -0.25) is 9.00 Å². The van der Waals surface area contributed by atoms with Crippen LogP contribution in [-0.4, -0.2) is 40.4 Å². The van der Waals surface area contributed by atoms with Gasteiger partial charge in [0.25, 0.3) is 0 Å². The van der Waals surface area contributed by atoms with Crippen molar-refractivity contribution in [1.29, 1.82) is 0 Å². The Morgan fingerprint density at radius 1 is 1.40 bits per heavy atom. The average molecular weight is 235 g/mol. The molecule has 0 aliphatic rings. The van der Waals surface area contributed by atoms with Gasteiger partial charge >= 0.3 is 0 Å². The summed E-state index contributed by atoms with van der Waals surface area (Å²) < 4.78 is 16.3. The van der Waals surface area contributed by atoms with Gasteiger partial charge in [-0.2, -0.15) is 0 Å². The summed E-state index contributed by atoms with van der Waals surface area (Å²) >= 11 is 0. The molecule has 0 saturated heterocycles. The molecule has 0 fully saturated rings. The van der Waals surface area contributed by atoms with E-state index in [0.717, 1.165) is 0 Å². The van der Waals surface area contributed by atoms with E-state index in [4.69, 9.17) is 4.74 Å². The minimum Gasteiger partial charge on any atom is -0.366 e. The molecule has 0 spiro atoms. The standard InChI is InChI=1S/C10H21NO3S/c1-5-15(13)7-6-11-9(12)8-14-10(2,3)4/h5-8H2,1-4H3,(H,11,12). The first-order valence-corrected chi connectivity index (χ1v) is 6.59. The predicted molar refractivity (Wildman–Crippen MR) is 62.3 cm³/mol. The maximum atomic E-state index is 11.2. The SMILES string of the molecule is CCS(=O)CCNC(=O)COC(C)(C)C. The number of hydrogen-bond acceptors (Lipinski definition) is 3. The molecule has 0 aromatic rings. The van der Waals surface area contributed by atoms with Crippen molar-refractivity contribution in [2.24, 2.45) is 0 Å². The minimum atomic E-state index is -0.820. The summed E-state index contributed by atoms with van der Waals surface area (Å²) in [6.45, 7) is 8.06. The monoisotopic (exact) mass is 235 g/mol. The number of nitrogens with one attached hydrogen (secondary N) is 1. The van der Waals surface area contributed by atoms with Gasteiger partial charge in [-0.25, -0.2) is 0 Å². The first-order chi connectivity index (χ1) is 6.85. The molecule has 1 N–H and O–H groups in total. The van der Waals surface area contributed by atoms with Crippen molar-refractivity contribution in [3.05, 3.63) is 0 Å². The summed E-state index contributed by atoms with van der Waals surface area (Å²) in [6, 6.07) is 0. The molecular formula is C10H21NO3S. The second-order valence-electron chi connectivity index (χ2n) is 4.18. The van der Waals surface area contributed by atoms with Gasteiger partial charge in [-0.05, 0) is 20.8 Å². The maximum absolute atomic E-state index is 11.2. The molecule has 0 saturated carbocycles. The summed E-state index contributed by atoms with van der Waals surface area (Å²) in [5.41, 5.74) is -0.302. The highest BCUT2D eigenvalue weighted by Gasteiger charge is 2.12. The molecule has 0 aliphatic heterocycles. The first kappa shape index (κ1) is 14.6. The zero-order valence-electron chi connectivity index (χ0n) is 9.96. The fourth-order valence-electron chi connectivity index (χ4n) is 0.782. The summed E-state index contributed by atoms with van der Waals surface area (Å²) in [5, 5.41) is 2.66. The fourth-order valence-corrected chi connectivity index (χ4v) is 1.40. The van der Waals surface area contributed by atoms with E-state index in [9.17, 15) is 9.00 Å². The number of carbonyl (C=O) groups is 1. The van der Waals surface area contributed by atoms with E-state index < -0.39 is 10.8 Å². The molecule has 0 bridgehead atoms. The van der Waals surface area contributed by atoms with Crippen LogP contribution in [0.4, 0.5) is 0 Å². The Labute approximate surface area is 94.2 Å². The molecule has 90 valence electrons. The number of hydrogen-bond donors (Lipinski definition) is 1. The van der Waals surface area contributed by atoms with E-state index in [1.54, 1.807) is 0 Å². The van der Waals surface area contributed by atoms with Gasteiger partial charge in [-0.15, -0.1) is 0 Å². The van der Waals surface area contributed by atoms with E-state index in [-0.39, 0.29) is 18.1 Å². The van der Waals surface area contributed by atoms with Gasteiger partial charge in [0.05, 0.1) is 5.60 Å². The lowest BCUT2D eigenvalue weighted by Crippen LogP contribution is -2.34. The molecule has 15 heavy (non-hydrogen) atoms. The Morgan fingerprint density at radius 2 is 2.00 bits per heavy atom. The Kier molecular flexibility index (Phi) is 6.76. The third-order valence-corrected chi connectivity index (χ3v) is 2.91. The van der Waals surface area contributed by atoms with Gasteiger partial charge in [0.15, 0.2) is 0 Å². The van der Waals surface area contributed by atoms with Crippen LogP contribution < -0.4 is 5.32 Å². The topological polar surface area (TPSA) is 55.4 Å². The largest absolute Gasteiger partial charge is 0.366 e. The molecule has 0 rings (SSSR count). The molecule has 0 aromatic heterocycles. The highest BCUT2D eigenvalue weighted by molar-refractivity contribution is 7.84. The molecular weight excluding hydrogens is 214 g/mol. The Hall–Kier alpha value is -0.420. The van der Waals surface area contributed by atoms with Gasteiger partial charge in [0, 0.05) is 28.9 Å². The smallest absolute Gasteiger partial charge is 0.246 e. The van der Waals surface area contributed by atoms with Crippen LogP contribution in [0.5, 0.6) is 0 Å². The summed E-state index contributed by atoms with van der Waals surface area (Å²) in [7, 11) is -0.820. The predicted octanol–water partition coefficient (Wildman–Crippen LogP) is 0.686. The zero-order valence-corrected chi connectivity index (χ0v) is 10.8. The molecule has 0 aromatic carbocycles. The van der Waals surface area contributed by atoms with Crippen LogP contribution in [0.15, 0.2) is 0 Å². The Morgan fingerprint density at radius 3 is 2.47 bits per heavy atom.